The highest BCUT2D eigenvalue weighted by Crippen LogP contribution is 2.32. The Kier molecular flexibility index (Phi) is 3.66. The molecule has 22 heavy (non-hydrogen) atoms. The Morgan fingerprint density at radius 2 is 2.09 bits per heavy atom. The Hall–Kier alpha value is -1.39. The number of aromatic nitrogens is 1. The molecule has 3 nitrogen and oxygen atoms in total. The summed E-state index contributed by atoms with van der Waals surface area (Å²) >= 11 is 1.87. The second kappa shape index (κ2) is 5.67. The molecular formula is C18H22N2OS. The van der Waals surface area contributed by atoms with Gasteiger partial charge < -0.3 is 4.74 Å². The number of hydrogen-bond acceptors (Lipinski definition) is 4. The first-order chi connectivity index (χ1) is 10.7. The van der Waals surface area contributed by atoms with Gasteiger partial charge in [0.15, 0.2) is 0 Å². The van der Waals surface area contributed by atoms with Crippen molar-refractivity contribution in [2.24, 2.45) is 0 Å². The molecule has 2 aliphatic heterocycles. The molecule has 0 spiro atoms. The molecule has 4 rings (SSSR count). The first kappa shape index (κ1) is 14.2. The molecule has 2 aromatic rings. The van der Waals surface area contributed by atoms with E-state index in [0.29, 0.717) is 6.04 Å². The summed E-state index contributed by atoms with van der Waals surface area (Å²) in [4.78, 5) is 8.77. The SMILES string of the molecule is Cc1nc2c(s1)CCN(C(C)c1ccc3c(c1)OCC3)CC2. The molecule has 1 aromatic carbocycles. The van der Waals surface area contributed by atoms with E-state index in [1.807, 2.05) is 11.3 Å². The Morgan fingerprint density at radius 1 is 1.23 bits per heavy atom. The second-order valence-electron chi connectivity index (χ2n) is 6.28. The monoisotopic (exact) mass is 314 g/mol. The number of aryl methyl sites for hydroxylation is 1. The van der Waals surface area contributed by atoms with E-state index in [4.69, 9.17) is 9.72 Å². The first-order valence-corrected chi connectivity index (χ1v) is 8.97. The van der Waals surface area contributed by atoms with Gasteiger partial charge in [0.1, 0.15) is 5.75 Å². The van der Waals surface area contributed by atoms with E-state index in [1.165, 1.54) is 26.7 Å². The molecule has 0 radical (unpaired) electrons. The van der Waals surface area contributed by atoms with Crippen LogP contribution in [0, 0.1) is 6.92 Å². The third-order valence-electron chi connectivity index (χ3n) is 4.90. The third kappa shape index (κ3) is 2.55. The zero-order chi connectivity index (χ0) is 15.1. The number of rotatable bonds is 2. The predicted molar refractivity (Wildman–Crippen MR) is 89.9 cm³/mol. The molecule has 2 aliphatic rings. The van der Waals surface area contributed by atoms with Crippen molar-refractivity contribution < 1.29 is 4.74 Å². The van der Waals surface area contributed by atoms with E-state index in [9.17, 15) is 0 Å². The number of fused-ring (bicyclic) bond motifs is 2. The fourth-order valence-electron chi connectivity index (χ4n) is 3.55. The molecule has 1 aromatic heterocycles. The molecular weight excluding hydrogens is 292 g/mol. The molecule has 0 aliphatic carbocycles. The van der Waals surface area contributed by atoms with Crippen LogP contribution in [0.5, 0.6) is 5.75 Å². The van der Waals surface area contributed by atoms with E-state index < -0.39 is 0 Å². The van der Waals surface area contributed by atoms with Crippen molar-refractivity contribution in [3.8, 4) is 5.75 Å². The number of nitrogens with zero attached hydrogens (tertiary/aromatic N) is 2. The van der Waals surface area contributed by atoms with Crippen LogP contribution in [0.1, 0.15) is 39.7 Å². The lowest BCUT2D eigenvalue weighted by Crippen LogP contribution is -2.29. The number of hydrogen-bond donors (Lipinski definition) is 0. The summed E-state index contributed by atoms with van der Waals surface area (Å²) in [7, 11) is 0. The summed E-state index contributed by atoms with van der Waals surface area (Å²) in [6.07, 6.45) is 3.26. The lowest BCUT2D eigenvalue weighted by molar-refractivity contribution is 0.220. The zero-order valence-corrected chi connectivity index (χ0v) is 14.1. The first-order valence-electron chi connectivity index (χ1n) is 8.15. The van der Waals surface area contributed by atoms with Gasteiger partial charge in [-0.15, -0.1) is 11.3 Å². The molecule has 0 N–H and O–H groups in total. The fourth-order valence-corrected chi connectivity index (χ4v) is 4.52. The molecule has 0 saturated carbocycles. The Balaban J connectivity index is 1.51. The Labute approximate surface area is 135 Å². The number of ether oxygens (including phenoxy) is 1. The van der Waals surface area contributed by atoms with Crippen molar-refractivity contribution in [3.05, 3.63) is 44.9 Å². The van der Waals surface area contributed by atoms with Crippen molar-refractivity contribution in [1.82, 2.24) is 9.88 Å². The maximum atomic E-state index is 5.73. The fraction of sp³-hybridized carbons (Fsp3) is 0.500. The highest BCUT2D eigenvalue weighted by molar-refractivity contribution is 7.11. The van der Waals surface area contributed by atoms with Crippen LogP contribution < -0.4 is 4.74 Å². The van der Waals surface area contributed by atoms with E-state index in [1.54, 1.807) is 0 Å². The highest BCUT2D eigenvalue weighted by atomic mass is 32.1. The Bertz CT molecular complexity index is 669. The van der Waals surface area contributed by atoms with Crippen molar-refractivity contribution in [2.75, 3.05) is 19.7 Å². The van der Waals surface area contributed by atoms with Gasteiger partial charge in [0.25, 0.3) is 0 Å². The lowest BCUT2D eigenvalue weighted by atomic mass is 10.0. The van der Waals surface area contributed by atoms with E-state index in [2.05, 4.69) is 36.9 Å². The minimum atomic E-state index is 0.435. The zero-order valence-electron chi connectivity index (χ0n) is 13.3. The van der Waals surface area contributed by atoms with Gasteiger partial charge >= 0.3 is 0 Å². The largest absolute Gasteiger partial charge is 0.493 e. The van der Waals surface area contributed by atoms with Crippen molar-refractivity contribution in [3.63, 3.8) is 0 Å². The lowest BCUT2D eigenvalue weighted by Gasteiger charge is -2.28. The molecule has 0 bridgehead atoms. The maximum absolute atomic E-state index is 5.73. The van der Waals surface area contributed by atoms with Gasteiger partial charge in [-0.25, -0.2) is 4.98 Å². The van der Waals surface area contributed by atoms with Gasteiger partial charge in [-0.05, 0) is 37.5 Å². The van der Waals surface area contributed by atoms with Gasteiger partial charge in [-0.1, -0.05) is 12.1 Å². The average Bonchev–Trinajstić information content (AvgIpc) is 3.07. The van der Waals surface area contributed by atoms with Crippen LogP contribution in [0.25, 0.3) is 0 Å². The van der Waals surface area contributed by atoms with Crippen molar-refractivity contribution in [1.29, 1.82) is 0 Å². The molecule has 3 heterocycles. The minimum absolute atomic E-state index is 0.435. The maximum Gasteiger partial charge on any atom is 0.122 e. The van der Waals surface area contributed by atoms with Crippen LogP contribution in [-0.4, -0.2) is 29.6 Å². The summed E-state index contributed by atoms with van der Waals surface area (Å²) < 4.78 is 5.73. The van der Waals surface area contributed by atoms with Gasteiger partial charge in [0.2, 0.25) is 0 Å². The van der Waals surface area contributed by atoms with Gasteiger partial charge in [-0.3, -0.25) is 4.90 Å². The van der Waals surface area contributed by atoms with Crippen molar-refractivity contribution in [2.45, 2.75) is 39.2 Å². The second-order valence-corrected chi connectivity index (χ2v) is 7.57. The smallest absolute Gasteiger partial charge is 0.122 e. The number of benzene rings is 1. The Morgan fingerprint density at radius 3 is 3.00 bits per heavy atom. The standard InChI is InChI=1S/C18H22N2OS/c1-12(15-4-3-14-7-10-21-17(14)11-15)20-8-5-16-18(6-9-20)22-13(2)19-16/h3-4,11-12H,5-10H2,1-2H3. The minimum Gasteiger partial charge on any atom is -0.493 e. The molecule has 0 saturated heterocycles. The van der Waals surface area contributed by atoms with E-state index >= 15 is 0 Å². The van der Waals surface area contributed by atoms with Crippen LogP contribution in [0.2, 0.25) is 0 Å². The van der Waals surface area contributed by atoms with E-state index in [-0.39, 0.29) is 0 Å². The van der Waals surface area contributed by atoms with Crippen LogP contribution in [0.3, 0.4) is 0 Å². The van der Waals surface area contributed by atoms with Gasteiger partial charge in [0.05, 0.1) is 17.3 Å². The molecule has 1 unspecified atom stereocenters. The van der Waals surface area contributed by atoms with Crippen LogP contribution in [0.15, 0.2) is 18.2 Å². The summed E-state index contributed by atoms with van der Waals surface area (Å²) in [5, 5.41) is 1.21. The average molecular weight is 314 g/mol. The molecule has 0 fully saturated rings. The summed E-state index contributed by atoms with van der Waals surface area (Å²) in [5.74, 6) is 1.09. The third-order valence-corrected chi connectivity index (χ3v) is 5.97. The molecule has 116 valence electrons. The quantitative estimate of drug-likeness (QED) is 0.847. The van der Waals surface area contributed by atoms with Crippen molar-refractivity contribution >= 4 is 11.3 Å². The molecule has 1 atom stereocenters. The summed E-state index contributed by atoms with van der Waals surface area (Å²) in [6, 6.07) is 7.20. The molecule has 0 amide bonds. The normalized spacial score (nSPS) is 19.2. The van der Waals surface area contributed by atoms with E-state index in [0.717, 1.165) is 44.7 Å². The van der Waals surface area contributed by atoms with Crippen LogP contribution >= 0.6 is 11.3 Å². The predicted octanol–water partition coefficient (Wildman–Crippen LogP) is 3.55. The topological polar surface area (TPSA) is 25.4 Å². The van der Waals surface area contributed by atoms with Gasteiger partial charge in [0, 0.05) is 36.9 Å². The highest BCUT2D eigenvalue weighted by Gasteiger charge is 2.23. The number of thiazole rings is 1. The summed E-state index contributed by atoms with van der Waals surface area (Å²) in [6.45, 7) is 7.48. The summed E-state index contributed by atoms with van der Waals surface area (Å²) in [5.41, 5.74) is 4.05. The van der Waals surface area contributed by atoms with Gasteiger partial charge in [-0.2, -0.15) is 0 Å². The van der Waals surface area contributed by atoms with Crippen LogP contribution in [-0.2, 0) is 19.3 Å². The van der Waals surface area contributed by atoms with Crippen LogP contribution in [0.4, 0.5) is 0 Å². The molecule has 4 heteroatoms.